The summed E-state index contributed by atoms with van der Waals surface area (Å²) in [6.45, 7) is -0.0638. The Bertz CT molecular complexity index is 1000. The van der Waals surface area contributed by atoms with Crippen LogP contribution in [0.25, 0.3) is 16.9 Å². The Morgan fingerprint density at radius 3 is 2.65 bits per heavy atom. The van der Waals surface area contributed by atoms with Crippen molar-refractivity contribution in [3.63, 3.8) is 0 Å². The number of hydrogen-bond donors (Lipinski definition) is 1. The summed E-state index contributed by atoms with van der Waals surface area (Å²) in [5, 5.41) is 3.00. The highest BCUT2D eigenvalue weighted by Gasteiger charge is 2.20. The topological polar surface area (TPSA) is 68.9 Å². The predicted octanol–water partition coefficient (Wildman–Crippen LogP) is 2.39. The van der Waals surface area contributed by atoms with Crippen molar-refractivity contribution in [3.05, 3.63) is 58.9 Å². The van der Waals surface area contributed by atoms with Crippen LogP contribution in [0.2, 0.25) is 0 Å². The van der Waals surface area contributed by atoms with E-state index >= 15 is 0 Å². The first-order valence-electron chi connectivity index (χ1n) is 8.75. The number of benzene rings is 1. The molecule has 0 unspecified atom stereocenters. The monoisotopic (exact) mass is 354 g/mol. The summed E-state index contributed by atoms with van der Waals surface area (Å²) in [5.41, 5.74) is 1.16. The molecule has 26 heavy (non-hydrogen) atoms. The minimum Gasteiger partial charge on any atom is -0.352 e. The highest BCUT2D eigenvalue weighted by atomic mass is 19.1. The van der Waals surface area contributed by atoms with E-state index in [4.69, 9.17) is 0 Å². The summed E-state index contributed by atoms with van der Waals surface area (Å²) < 4.78 is 16.0. The molecule has 0 radical (unpaired) electrons. The molecule has 0 atom stereocenters. The average molecular weight is 354 g/mol. The Balaban J connectivity index is 1.73. The van der Waals surface area contributed by atoms with Crippen LogP contribution in [0.3, 0.4) is 0 Å². The Morgan fingerprint density at radius 1 is 1.19 bits per heavy atom. The van der Waals surface area contributed by atoms with Gasteiger partial charge in [0.25, 0.3) is 0 Å². The summed E-state index contributed by atoms with van der Waals surface area (Å²) in [5.74, 6) is -0.560. The highest BCUT2D eigenvalue weighted by Crippen LogP contribution is 2.18. The maximum absolute atomic E-state index is 13.2. The average Bonchev–Trinajstić information content (AvgIpc) is 3.23. The number of rotatable bonds is 4. The van der Waals surface area contributed by atoms with Gasteiger partial charge in [0, 0.05) is 12.2 Å². The number of carbonyl (C=O) groups excluding carboxylic acids is 1. The number of hydrogen-bond acceptors (Lipinski definition) is 3. The van der Waals surface area contributed by atoms with Gasteiger partial charge in [0.05, 0.1) is 11.2 Å². The maximum Gasteiger partial charge on any atom is 0.335 e. The first-order chi connectivity index (χ1) is 12.6. The van der Waals surface area contributed by atoms with E-state index in [0.29, 0.717) is 16.9 Å². The molecule has 1 N–H and O–H groups in total. The molecular formula is C19H19FN4O2. The molecule has 7 heteroatoms. The molecule has 1 aliphatic carbocycles. The first-order valence-corrected chi connectivity index (χ1v) is 8.75. The van der Waals surface area contributed by atoms with Gasteiger partial charge in [-0.15, -0.1) is 0 Å². The number of pyridine rings is 1. The molecule has 0 saturated heterocycles. The van der Waals surface area contributed by atoms with Crippen molar-refractivity contribution in [2.24, 2.45) is 0 Å². The normalized spacial score (nSPS) is 14.8. The number of imidazole rings is 1. The van der Waals surface area contributed by atoms with E-state index in [2.05, 4.69) is 10.3 Å². The van der Waals surface area contributed by atoms with E-state index in [1.807, 2.05) is 0 Å². The van der Waals surface area contributed by atoms with E-state index < -0.39 is 0 Å². The Morgan fingerprint density at radius 2 is 1.92 bits per heavy atom. The van der Waals surface area contributed by atoms with Crippen molar-refractivity contribution in [1.82, 2.24) is 19.4 Å². The molecule has 4 rings (SSSR count). The third-order valence-electron chi connectivity index (χ3n) is 4.80. The van der Waals surface area contributed by atoms with Crippen LogP contribution in [0.15, 0.2) is 47.4 Å². The molecule has 1 aliphatic rings. The summed E-state index contributed by atoms with van der Waals surface area (Å²) >= 11 is 0. The van der Waals surface area contributed by atoms with E-state index in [1.165, 1.54) is 33.4 Å². The van der Waals surface area contributed by atoms with Crippen molar-refractivity contribution in [2.45, 2.75) is 38.3 Å². The lowest BCUT2D eigenvalue weighted by molar-refractivity contribution is -0.122. The summed E-state index contributed by atoms with van der Waals surface area (Å²) in [6.07, 6.45) is 5.81. The van der Waals surface area contributed by atoms with Gasteiger partial charge in [-0.1, -0.05) is 12.8 Å². The molecule has 2 aromatic heterocycles. The number of carbonyl (C=O) groups is 1. The van der Waals surface area contributed by atoms with Crippen LogP contribution >= 0.6 is 0 Å². The SMILES string of the molecule is O=C(Cn1c(=O)n(-c2ccc(F)cc2)c2ncccc21)NC1CCCC1. The third kappa shape index (κ3) is 3.00. The molecule has 0 bridgehead atoms. The first kappa shape index (κ1) is 16.5. The van der Waals surface area contributed by atoms with Gasteiger partial charge in [-0.3, -0.25) is 9.36 Å². The molecule has 2 heterocycles. The number of nitrogens with one attached hydrogen (secondary N) is 1. The quantitative estimate of drug-likeness (QED) is 0.782. The zero-order valence-corrected chi connectivity index (χ0v) is 14.2. The van der Waals surface area contributed by atoms with Crippen LogP contribution in [0.5, 0.6) is 0 Å². The second kappa shape index (κ2) is 6.74. The van der Waals surface area contributed by atoms with Gasteiger partial charge >= 0.3 is 5.69 Å². The molecule has 0 aliphatic heterocycles. The Labute approximate surface area is 149 Å². The van der Waals surface area contributed by atoms with Gasteiger partial charge in [0.1, 0.15) is 12.4 Å². The van der Waals surface area contributed by atoms with Gasteiger partial charge < -0.3 is 5.32 Å². The highest BCUT2D eigenvalue weighted by molar-refractivity contribution is 5.80. The summed E-state index contributed by atoms with van der Waals surface area (Å²) in [7, 11) is 0. The van der Waals surface area contributed by atoms with Crippen LogP contribution in [0, 0.1) is 5.82 Å². The molecule has 0 spiro atoms. The minimum atomic E-state index is -0.380. The number of amides is 1. The zero-order chi connectivity index (χ0) is 18.1. The van der Waals surface area contributed by atoms with Crippen LogP contribution in [-0.2, 0) is 11.3 Å². The lowest BCUT2D eigenvalue weighted by Gasteiger charge is -2.12. The number of nitrogens with zero attached hydrogens (tertiary/aromatic N) is 3. The minimum absolute atomic E-state index is 0.0638. The molecule has 6 nitrogen and oxygen atoms in total. The van der Waals surface area contributed by atoms with Gasteiger partial charge in [0.15, 0.2) is 5.65 Å². The van der Waals surface area contributed by atoms with Gasteiger partial charge in [-0.25, -0.2) is 18.7 Å². The smallest absolute Gasteiger partial charge is 0.335 e. The standard InChI is InChI=1S/C19H19FN4O2/c20-13-7-9-15(10-8-13)24-18-16(6-3-11-21-18)23(19(24)26)12-17(25)22-14-4-1-2-5-14/h3,6-11,14H,1-2,4-5,12H2,(H,22,25). The lowest BCUT2D eigenvalue weighted by atomic mass is 10.2. The fourth-order valence-electron chi connectivity index (χ4n) is 3.55. The van der Waals surface area contributed by atoms with Crippen molar-refractivity contribution in [1.29, 1.82) is 0 Å². The van der Waals surface area contributed by atoms with E-state index in [1.54, 1.807) is 18.3 Å². The maximum atomic E-state index is 13.2. The fourth-order valence-corrected chi connectivity index (χ4v) is 3.55. The predicted molar refractivity (Wildman–Crippen MR) is 95.7 cm³/mol. The number of fused-ring (bicyclic) bond motifs is 1. The lowest BCUT2D eigenvalue weighted by Crippen LogP contribution is -2.37. The number of aromatic nitrogens is 3. The van der Waals surface area contributed by atoms with E-state index in [0.717, 1.165) is 25.7 Å². The van der Waals surface area contributed by atoms with Crippen molar-refractivity contribution >= 4 is 17.1 Å². The van der Waals surface area contributed by atoms with Crippen LogP contribution < -0.4 is 11.0 Å². The molecule has 1 fully saturated rings. The molecular weight excluding hydrogens is 335 g/mol. The van der Waals surface area contributed by atoms with Gasteiger partial charge in [0.2, 0.25) is 5.91 Å². The summed E-state index contributed by atoms with van der Waals surface area (Å²) in [6, 6.07) is 9.30. The fraction of sp³-hybridized carbons (Fsp3) is 0.316. The third-order valence-corrected chi connectivity index (χ3v) is 4.80. The second-order valence-electron chi connectivity index (χ2n) is 6.58. The zero-order valence-electron chi connectivity index (χ0n) is 14.2. The summed E-state index contributed by atoms with van der Waals surface area (Å²) in [4.78, 5) is 29.7. The van der Waals surface area contributed by atoms with Crippen LogP contribution in [0.1, 0.15) is 25.7 Å². The molecule has 3 aromatic rings. The molecule has 1 aromatic carbocycles. The Kier molecular flexibility index (Phi) is 4.28. The largest absolute Gasteiger partial charge is 0.352 e. The van der Waals surface area contributed by atoms with Crippen molar-refractivity contribution in [2.75, 3.05) is 0 Å². The van der Waals surface area contributed by atoms with Crippen molar-refractivity contribution < 1.29 is 9.18 Å². The second-order valence-corrected chi connectivity index (χ2v) is 6.58. The molecule has 1 saturated carbocycles. The Hall–Kier alpha value is -2.96. The molecule has 134 valence electrons. The van der Waals surface area contributed by atoms with E-state index in [9.17, 15) is 14.0 Å². The van der Waals surface area contributed by atoms with Crippen LogP contribution in [0.4, 0.5) is 4.39 Å². The number of halogens is 1. The van der Waals surface area contributed by atoms with Gasteiger partial charge in [-0.2, -0.15) is 0 Å². The van der Waals surface area contributed by atoms with Gasteiger partial charge in [-0.05, 0) is 49.2 Å². The van der Waals surface area contributed by atoms with Crippen LogP contribution in [-0.4, -0.2) is 26.1 Å². The molecule has 1 amide bonds. The van der Waals surface area contributed by atoms with E-state index in [-0.39, 0.29) is 30.0 Å². The van der Waals surface area contributed by atoms with Crippen molar-refractivity contribution in [3.8, 4) is 5.69 Å².